The standard InChI is InChI=1S/C18H28BrFN4O/c1-3-21-18(23-12-16-13-24(2)9-10-25-16)22-8-4-5-14-6-7-15(19)11-17(14)20/h6-7,11,16H,3-5,8-10,12-13H2,1-2H3,(H2,21,22,23). The summed E-state index contributed by atoms with van der Waals surface area (Å²) in [7, 11) is 2.10. The third kappa shape index (κ3) is 7.30. The number of morpholine rings is 1. The van der Waals surface area contributed by atoms with E-state index in [4.69, 9.17) is 4.74 Å². The van der Waals surface area contributed by atoms with E-state index in [9.17, 15) is 4.39 Å². The molecule has 1 heterocycles. The molecule has 140 valence electrons. The van der Waals surface area contributed by atoms with E-state index in [1.165, 1.54) is 6.07 Å². The highest BCUT2D eigenvalue weighted by Gasteiger charge is 2.17. The van der Waals surface area contributed by atoms with Crippen LogP contribution in [0.4, 0.5) is 4.39 Å². The van der Waals surface area contributed by atoms with E-state index in [2.05, 4.69) is 43.5 Å². The molecule has 5 nitrogen and oxygen atoms in total. The zero-order valence-electron chi connectivity index (χ0n) is 15.0. The van der Waals surface area contributed by atoms with Gasteiger partial charge in [-0.05, 0) is 44.5 Å². The van der Waals surface area contributed by atoms with Crippen LogP contribution in [-0.4, -0.2) is 63.3 Å². The molecule has 25 heavy (non-hydrogen) atoms. The number of benzene rings is 1. The van der Waals surface area contributed by atoms with Crippen LogP contribution in [0.2, 0.25) is 0 Å². The predicted octanol–water partition coefficient (Wildman–Crippen LogP) is 2.41. The summed E-state index contributed by atoms with van der Waals surface area (Å²) in [5.74, 6) is 0.629. The van der Waals surface area contributed by atoms with Gasteiger partial charge in [-0.15, -0.1) is 0 Å². The van der Waals surface area contributed by atoms with Gasteiger partial charge in [-0.25, -0.2) is 4.39 Å². The summed E-state index contributed by atoms with van der Waals surface area (Å²) in [6, 6.07) is 5.21. The molecule has 2 rings (SSSR count). The lowest BCUT2D eigenvalue weighted by Crippen LogP contribution is -2.43. The van der Waals surface area contributed by atoms with Crippen LogP contribution in [0.3, 0.4) is 0 Å². The number of hydrogen-bond acceptors (Lipinski definition) is 3. The van der Waals surface area contributed by atoms with Crippen molar-refractivity contribution >= 4 is 21.9 Å². The van der Waals surface area contributed by atoms with Gasteiger partial charge in [-0.1, -0.05) is 22.0 Å². The van der Waals surface area contributed by atoms with Crippen molar-refractivity contribution in [3.63, 3.8) is 0 Å². The van der Waals surface area contributed by atoms with E-state index < -0.39 is 0 Å². The lowest BCUT2D eigenvalue weighted by atomic mass is 10.1. The molecule has 1 fully saturated rings. The van der Waals surface area contributed by atoms with E-state index in [0.717, 1.165) is 55.2 Å². The average Bonchev–Trinajstić information content (AvgIpc) is 2.58. The van der Waals surface area contributed by atoms with Gasteiger partial charge in [0.25, 0.3) is 0 Å². The summed E-state index contributed by atoms with van der Waals surface area (Å²) in [6.45, 7) is 6.88. The Hall–Kier alpha value is -1.18. The normalized spacial score (nSPS) is 19.0. The fourth-order valence-corrected chi connectivity index (χ4v) is 3.06. The van der Waals surface area contributed by atoms with Crippen LogP contribution >= 0.6 is 15.9 Å². The number of aliphatic imine (C=N–C) groups is 1. The van der Waals surface area contributed by atoms with Crippen molar-refractivity contribution in [3.05, 3.63) is 34.1 Å². The van der Waals surface area contributed by atoms with Crippen molar-refractivity contribution in [2.24, 2.45) is 4.99 Å². The predicted molar refractivity (Wildman–Crippen MR) is 104 cm³/mol. The number of nitrogens with one attached hydrogen (secondary N) is 2. The summed E-state index contributed by atoms with van der Waals surface area (Å²) >= 11 is 3.28. The lowest BCUT2D eigenvalue weighted by Gasteiger charge is -2.29. The zero-order valence-corrected chi connectivity index (χ0v) is 16.6. The summed E-state index contributed by atoms with van der Waals surface area (Å²) < 4.78 is 20.3. The Morgan fingerprint density at radius 3 is 3.00 bits per heavy atom. The molecule has 1 aromatic carbocycles. The van der Waals surface area contributed by atoms with Crippen LogP contribution in [0, 0.1) is 5.82 Å². The largest absolute Gasteiger partial charge is 0.374 e. The summed E-state index contributed by atoms with van der Waals surface area (Å²) in [5, 5.41) is 6.55. The Kier molecular flexibility index (Phi) is 8.64. The fourth-order valence-electron chi connectivity index (χ4n) is 2.72. The second kappa shape index (κ2) is 10.7. The molecule has 1 aromatic rings. The smallest absolute Gasteiger partial charge is 0.191 e. The van der Waals surface area contributed by atoms with E-state index >= 15 is 0 Å². The Morgan fingerprint density at radius 1 is 1.44 bits per heavy atom. The van der Waals surface area contributed by atoms with Gasteiger partial charge in [0, 0.05) is 30.7 Å². The molecule has 1 saturated heterocycles. The van der Waals surface area contributed by atoms with Crippen molar-refractivity contribution in [2.75, 3.05) is 46.4 Å². The van der Waals surface area contributed by atoms with Crippen LogP contribution in [0.15, 0.2) is 27.7 Å². The highest BCUT2D eigenvalue weighted by atomic mass is 79.9. The van der Waals surface area contributed by atoms with Gasteiger partial charge in [0.2, 0.25) is 0 Å². The molecule has 0 bridgehead atoms. The minimum atomic E-state index is -0.159. The van der Waals surface area contributed by atoms with Crippen molar-refractivity contribution < 1.29 is 9.13 Å². The Labute approximate surface area is 158 Å². The zero-order chi connectivity index (χ0) is 18.1. The number of rotatable bonds is 7. The molecule has 1 unspecified atom stereocenters. The average molecular weight is 415 g/mol. The highest BCUT2D eigenvalue weighted by Crippen LogP contribution is 2.16. The van der Waals surface area contributed by atoms with Crippen molar-refractivity contribution in [1.29, 1.82) is 0 Å². The first kappa shape index (κ1) is 20.1. The van der Waals surface area contributed by atoms with Crippen molar-refractivity contribution in [3.8, 4) is 0 Å². The summed E-state index contributed by atoms with van der Waals surface area (Å²) in [4.78, 5) is 6.87. The molecular formula is C18H28BrFN4O. The van der Waals surface area contributed by atoms with Crippen LogP contribution in [0.5, 0.6) is 0 Å². The van der Waals surface area contributed by atoms with Crippen molar-refractivity contribution in [2.45, 2.75) is 25.9 Å². The third-order valence-corrected chi connectivity index (χ3v) is 4.56. The molecule has 0 aliphatic carbocycles. The van der Waals surface area contributed by atoms with Gasteiger partial charge in [-0.2, -0.15) is 0 Å². The maximum atomic E-state index is 13.8. The van der Waals surface area contributed by atoms with Gasteiger partial charge in [-0.3, -0.25) is 4.99 Å². The quantitative estimate of drug-likeness (QED) is 0.408. The van der Waals surface area contributed by atoms with Gasteiger partial charge >= 0.3 is 0 Å². The number of likely N-dealkylation sites (N-methyl/N-ethyl adjacent to an activating group) is 1. The molecule has 1 aliphatic heterocycles. The van der Waals surface area contributed by atoms with Gasteiger partial charge in [0.05, 0.1) is 19.3 Å². The molecule has 0 spiro atoms. The van der Waals surface area contributed by atoms with E-state index in [-0.39, 0.29) is 11.9 Å². The molecule has 2 N–H and O–H groups in total. The van der Waals surface area contributed by atoms with Gasteiger partial charge in [0.15, 0.2) is 5.96 Å². The fraction of sp³-hybridized carbons (Fsp3) is 0.611. The topological polar surface area (TPSA) is 48.9 Å². The van der Waals surface area contributed by atoms with Crippen LogP contribution in [0.1, 0.15) is 18.9 Å². The second-order valence-corrected chi connectivity index (χ2v) is 7.16. The van der Waals surface area contributed by atoms with Crippen LogP contribution in [0.25, 0.3) is 0 Å². The summed E-state index contributed by atoms with van der Waals surface area (Å²) in [6.07, 6.45) is 1.68. The number of ether oxygens (including phenoxy) is 1. The molecule has 1 aliphatic rings. The maximum Gasteiger partial charge on any atom is 0.191 e. The molecule has 7 heteroatoms. The first-order chi connectivity index (χ1) is 12.1. The highest BCUT2D eigenvalue weighted by molar-refractivity contribution is 9.10. The second-order valence-electron chi connectivity index (χ2n) is 6.24. The van der Waals surface area contributed by atoms with Crippen LogP contribution < -0.4 is 10.6 Å². The van der Waals surface area contributed by atoms with E-state index in [1.54, 1.807) is 0 Å². The van der Waals surface area contributed by atoms with Crippen LogP contribution in [-0.2, 0) is 11.2 Å². The van der Waals surface area contributed by atoms with Gasteiger partial charge < -0.3 is 20.3 Å². The Bertz CT molecular complexity index is 570. The Balaban J connectivity index is 1.75. The number of guanidine groups is 1. The first-order valence-corrected chi connectivity index (χ1v) is 9.64. The maximum absolute atomic E-state index is 13.8. The van der Waals surface area contributed by atoms with E-state index in [0.29, 0.717) is 13.0 Å². The first-order valence-electron chi connectivity index (χ1n) is 8.84. The SMILES string of the molecule is CCNC(=NCC1CN(C)CCO1)NCCCc1ccc(Br)cc1F. The minimum Gasteiger partial charge on any atom is -0.374 e. The van der Waals surface area contributed by atoms with Gasteiger partial charge in [0.1, 0.15) is 5.82 Å². The monoisotopic (exact) mass is 414 g/mol. The number of nitrogens with zero attached hydrogens (tertiary/aromatic N) is 2. The van der Waals surface area contributed by atoms with Crippen molar-refractivity contribution in [1.82, 2.24) is 15.5 Å². The minimum absolute atomic E-state index is 0.145. The number of hydrogen-bond donors (Lipinski definition) is 2. The molecule has 0 aromatic heterocycles. The Morgan fingerprint density at radius 2 is 2.28 bits per heavy atom. The molecule has 1 atom stereocenters. The number of halogens is 2. The third-order valence-electron chi connectivity index (χ3n) is 4.07. The molecule has 0 saturated carbocycles. The molecule has 0 amide bonds. The van der Waals surface area contributed by atoms with E-state index in [1.807, 2.05) is 19.1 Å². The number of aryl methyl sites for hydroxylation is 1. The molecule has 0 radical (unpaired) electrons. The molecular weight excluding hydrogens is 387 g/mol. The lowest BCUT2D eigenvalue weighted by molar-refractivity contribution is -0.0136. The summed E-state index contributed by atoms with van der Waals surface area (Å²) in [5.41, 5.74) is 0.741.